The zero-order valence-electron chi connectivity index (χ0n) is 14.2. The number of carbonyl (C=O) groups is 1. The summed E-state index contributed by atoms with van der Waals surface area (Å²) in [6, 6.07) is 3.67. The smallest absolute Gasteiger partial charge is 0.256 e. The Kier molecular flexibility index (Phi) is 4.99. The van der Waals surface area contributed by atoms with Crippen LogP contribution in [0.25, 0.3) is 0 Å². The molecule has 0 atom stereocenters. The van der Waals surface area contributed by atoms with E-state index in [4.69, 9.17) is 0 Å². The average Bonchev–Trinajstić information content (AvgIpc) is 2.63. The van der Waals surface area contributed by atoms with Gasteiger partial charge >= 0.3 is 0 Å². The Bertz CT molecular complexity index is 744. The van der Waals surface area contributed by atoms with Gasteiger partial charge in [0.15, 0.2) is 0 Å². The van der Waals surface area contributed by atoms with Gasteiger partial charge in [0, 0.05) is 38.6 Å². The van der Waals surface area contributed by atoms with Crippen LogP contribution >= 0.6 is 11.8 Å². The molecule has 0 radical (unpaired) electrons. The highest BCUT2D eigenvalue weighted by molar-refractivity contribution is 7.98. The predicted molar refractivity (Wildman–Crippen MR) is 95.6 cm³/mol. The number of piperazine rings is 1. The number of hydrogen-bond acceptors (Lipinski definition) is 6. The van der Waals surface area contributed by atoms with Crippen molar-refractivity contribution < 1.29 is 4.79 Å². The Hall–Kier alpha value is -2.15. The fourth-order valence-electron chi connectivity index (χ4n) is 2.83. The number of hydrogen-bond donors (Lipinski definition) is 0. The predicted octanol–water partition coefficient (Wildman–Crippen LogP) is 2.17. The molecule has 0 aromatic carbocycles. The van der Waals surface area contributed by atoms with Crippen LogP contribution in [0.5, 0.6) is 0 Å². The summed E-state index contributed by atoms with van der Waals surface area (Å²) in [5, 5.41) is 0.783. The quantitative estimate of drug-likeness (QED) is 0.796. The lowest BCUT2D eigenvalue weighted by Gasteiger charge is -2.36. The Morgan fingerprint density at radius 3 is 2.62 bits per heavy atom. The third kappa shape index (κ3) is 3.36. The first kappa shape index (κ1) is 16.7. The van der Waals surface area contributed by atoms with Gasteiger partial charge in [0.05, 0.1) is 17.0 Å². The van der Waals surface area contributed by atoms with Gasteiger partial charge in [0.2, 0.25) is 0 Å². The molecule has 6 nitrogen and oxygen atoms in total. The third-order valence-electron chi connectivity index (χ3n) is 4.11. The van der Waals surface area contributed by atoms with Crippen molar-refractivity contribution in [2.24, 2.45) is 0 Å². The van der Waals surface area contributed by atoms with E-state index in [1.807, 2.05) is 37.1 Å². The van der Waals surface area contributed by atoms with Gasteiger partial charge in [0.1, 0.15) is 10.8 Å². The molecular weight excluding hydrogens is 322 g/mol. The number of aryl methyl sites for hydroxylation is 2. The van der Waals surface area contributed by atoms with E-state index < -0.39 is 0 Å². The molecule has 1 amide bonds. The Morgan fingerprint density at radius 2 is 1.92 bits per heavy atom. The summed E-state index contributed by atoms with van der Waals surface area (Å²) in [5.41, 5.74) is 2.52. The van der Waals surface area contributed by atoms with Crippen molar-refractivity contribution in [3.63, 3.8) is 0 Å². The summed E-state index contributed by atoms with van der Waals surface area (Å²) >= 11 is 1.50. The van der Waals surface area contributed by atoms with Gasteiger partial charge in [-0.1, -0.05) is 0 Å². The standard InChI is InChI=1S/C17H21N5OS/c1-12-11-19-13(2)15(20-12)21-7-9-22(10-8-21)17(23)14-5-4-6-18-16(14)24-3/h4-6,11H,7-10H2,1-3H3. The summed E-state index contributed by atoms with van der Waals surface area (Å²) in [6.45, 7) is 6.80. The lowest BCUT2D eigenvalue weighted by molar-refractivity contribution is 0.0742. The van der Waals surface area contributed by atoms with Crippen molar-refractivity contribution in [3.8, 4) is 0 Å². The van der Waals surface area contributed by atoms with Crippen molar-refractivity contribution in [2.75, 3.05) is 37.3 Å². The van der Waals surface area contributed by atoms with Crippen LogP contribution in [0.1, 0.15) is 21.7 Å². The lowest BCUT2D eigenvalue weighted by Crippen LogP contribution is -2.49. The molecule has 0 N–H and O–H groups in total. The fraction of sp³-hybridized carbons (Fsp3) is 0.412. The van der Waals surface area contributed by atoms with Gasteiger partial charge < -0.3 is 9.80 Å². The van der Waals surface area contributed by atoms with E-state index in [-0.39, 0.29) is 5.91 Å². The first-order chi connectivity index (χ1) is 11.6. The van der Waals surface area contributed by atoms with E-state index in [9.17, 15) is 4.79 Å². The molecule has 0 spiro atoms. The zero-order valence-corrected chi connectivity index (χ0v) is 15.0. The number of anilines is 1. The molecule has 7 heteroatoms. The Morgan fingerprint density at radius 1 is 1.17 bits per heavy atom. The molecule has 2 aromatic heterocycles. The normalized spacial score (nSPS) is 14.8. The minimum atomic E-state index is 0.0548. The highest BCUT2D eigenvalue weighted by Crippen LogP contribution is 2.21. The summed E-state index contributed by atoms with van der Waals surface area (Å²) in [7, 11) is 0. The largest absolute Gasteiger partial charge is 0.352 e. The van der Waals surface area contributed by atoms with Crippen LogP contribution < -0.4 is 4.90 Å². The number of nitrogens with zero attached hydrogens (tertiary/aromatic N) is 5. The van der Waals surface area contributed by atoms with Gasteiger partial charge in [-0.05, 0) is 32.2 Å². The molecule has 0 bridgehead atoms. The van der Waals surface area contributed by atoms with Crippen molar-refractivity contribution in [1.82, 2.24) is 19.9 Å². The first-order valence-corrected chi connectivity index (χ1v) is 9.16. The minimum Gasteiger partial charge on any atom is -0.352 e. The highest BCUT2D eigenvalue weighted by Gasteiger charge is 2.25. The van der Waals surface area contributed by atoms with Gasteiger partial charge in [-0.3, -0.25) is 9.78 Å². The van der Waals surface area contributed by atoms with Crippen LogP contribution in [0.2, 0.25) is 0 Å². The summed E-state index contributed by atoms with van der Waals surface area (Å²) in [5.74, 6) is 0.979. The number of rotatable bonds is 3. The van der Waals surface area contributed by atoms with Crippen molar-refractivity contribution in [1.29, 1.82) is 0 Å². The molecule has 126 valence electrons. The topological polar surface area (TPSA) is 62.2 Å². The van der Waals surface area contributed by atoms with Gasteiger partial charge in [-0.15, -0.1) is 11.8 Å². The molecule has 0 saturated carbocycles. The molecular formula is C17H21N5OS. The second-order valence-corrected chi connectivity index (χ2v) is 6.55. The van der Waals surface area contributed by atoms with Crippen LogP contribution in [-0.2, 0) is 0 Å². The molecule has 1 aliphatic heterocycles. The zero-order chi connectivity index (χ0) is 17.1. The van der Waals surface area contributed by atoms with Crippen LogP contribution in [0.4, 0.5) is 5.82 Å². The second kappa shape index (κ2) is 7.17. The monoisotopic (exact) mass is 343 g/mol. The average molecular weight is 343 g/mol. The van der Waals surface area contributed by atoms with E-state index in [1.54, 1.807) is 12.4 Å². The Balaban J connectivity index is 1.71. The Labute approximate surface area is 146 Å². The molecule has 0 unspecified atom stereocenters. The summed E-state index contributed by atoms with van der Waals surface area (Å²) in [6.07, 6.45) is 5.45. The lowest BCUT2D eigenvalue weighted by atomic mass is 10.2. The number of aromatic nitrogens is 3. The number of amides is 1. The number of pyridine rings is 1. The number of carbonyl (C=O) groups excluding carboxylic acids is 1. The highest BCUT2D eigenvalue weighted by atomic mass is 32.2. The van der Waals surface area contributed by atoms with E-state index in [1.165, 1.54) is 11.8 Å². The van der Waals surface area contributed by atoms with Gasteiger partial charge in [-0.25, -0.2) is 9.97 Å². The van der Waals surface area contributed by atoms with Crippen LogP contribution in [0.15, 0.2) is 29.6 Å². The maximum Gasteiger partial charge on any atom is 0.256 e. The fourth-order valence-corrected chi connectivity index (χ4v) is 3.37. The van der Waals surface area contributed by atoms with Crippen molar-refractivity contribution in [2.45, 2.75) is 18.9 Å². The van der Waals surface area contributed by atoms with Crippen LogP contribution in [0, 0.1) is 13.8 Å². The summed E-state index contributed by atoms with van der Waals surface area (Å²) in [4.78, 5) is 30.1. The maximum absolute atomic E-state index is 12.8. The van der Waals surface area contributed by atoms with Crippen molar-refractivity contribution in [3.05, 3.63) is 41.5 Å². The van der Waals surface area contributed by atoms with E-state index >= 15 is 0 Å². The van der Waals surface area contributed by atoms with Crippen LogP contribution in [-0.4, -0.2) is 58.2 Å². The minimum absolute atomic E-state index is 0.0548. The van der Waals surface area contributed by atoms with E-state index in [0.717, 1.165) is 35.3 Å². The van der Waals surface area contributed by atoms with E-state index in [2.05, 4.69) is 19.9 Å². The van der Waals surface area contributed by atoms with Gasteiger partial charge in [0.25, 0.3) is 5.91 Å². The molecule has 3 rings (SSSR count). The van der Waals surface area contributed by atoms with Crippen molar-refractivity contribution >= 4 is 23.5 Å². The molecule has 0 aliphatic carbocycles. The second-order valence-electron chi connectivity index (χ2n) is 5.76. The molecule has 3 heterocycles. The van der Waals surface area contributed by atoms with Crippen LogP contribution in [0.3, 0.4) is 0 Å². The van der Waals surface area contributed by atoms with E-state index in [0.29, 0.717) is 18.7 Å². The molecule has 1 aliphatic rings. The third-order valence-corrected chi connectivity index (χ3v) is 4.82. The molecule has 1 fully saturated rings. The SMILES string of the molecule is CSc1ncccc1C(=O)N1CCN(c2nc(C)cnc2C)CC1. The van der Waals surface area contributed by atoms with Gasteiger partial charge in [-0.2, -0.15) is 0 Å². The summed E-state index contributed by atoms with van der Waals surface area (Å²) < 4.78 is 0. The maximum atomic E-state index is 12.8. The molecule has 1 saturated heterocycles. The molecule has 2 aromatic rings. The number of thioether (sulfide) groups is 1. The molecule has 24 heavy (non-hydrogen) atoms. The first-order valence-electron chi connectivity index (χ1n) is 7.93.